The van der Waals surface area contributed by atoms with Crippen molar-refractivity contribution in [2.75, 3.05) is 24.7 Å². The van der Waals surface area contributed by atoms with Gasteiger partial charge in [0.15, 0.2) is 5.78 Å². The van der Waals surface area contributed by atoms with Crippen LogP contribution in [0.25, 0.3) is 0 Å². The zero-order valence-corrected chi connectivity index (χ0v) is 12.3. The average molecular weight is 300 g/mol. The maximum atomic E-state index is 11.7. The third-order valence-electron chi connectivity index (χ3n) is 3.03. The smallest absolute Gasteiger partial charge is 0.170 e. The molecule has 0 aromatic heterocycles. The number of carbonyl (C=O) groups excluding carboxylic acids is 1. The molecule has 22 heavy (non-hydrogen) atoms. The van der Waals surface area contributed by atoms with Crippen molar-refractivity contribution >= 4 is 17.2 Å². The van der Waals surface area contributed by atoms with Crippen LogP contribution in [0.5, 0.6) is 11.5 Å². The van der Waals surface area contributed by atoms with E-state index in [0.29, 0.717) is 36.6 Å². The molecule has 116 valence electrons. The number of rotatable bonds is 8. The van der Waals surface area contributed by atoms with E-state index in [1.165, 1.54) is 0 Å². The second kappa shape index (κ2) is 7.93. The molecular formula is C17H20N2O3. The first-order chi connectivity index (χ1) is 10.6. The fraction of sp³-hybridized carbons (Fsp3) is 0.235. The Balaban J connectivity index is 1.61. The number of nitrogens with two attached hydrogens (primary N) is 2. The number of nitrogen functional groups attached to an aromatic ring is 2. The minimum atomic E-state index is 0.0396. The van der Waals surface area contributed by atoms with Crippen molar-refractivity contribution in [3.63, 3.8) is 0 Å². The summed E-state index contributed by atoms with van der Waals surface area (Å²) >= 11 is 0. The Labute approximate surface area is 129 Å². The van der Waals surface area contributed by atoms with E-state index in [1.807, 2.05) is 0 Å². The Bertz CT molecular complexity index is 594. The van der Waals surface area contributed by atoms with Crippen LogP contribution in [0.1, 0.15) is 12.8 Å². The lowest BCUT2D eigenvalue weighted by Gasteiger charge is -2.07. The first-order valence-corrected chi connectivity index (χ1v) is 7.12. The molecule has 0 aliphatic carbocycles. The lowest BCUT2D eigenvalue weighted by Crippen LogP contribution is -2.12. The lowest BCUT2D eigenvalue weighted by molar-refractivity contribution is -0.121. The summed E-state index contributed by atoms with van der Waals surface area (Å²) in [5.74, 6) is 1.43. The molecule has 0 heterocycles. The summed E-state index contributed by atoms with van der Waals surface area (Å²) in [6.45, 7) is 0.545. The predicted octanol–water partition coefficient (Wildman–Crippen LogP) is 2.66. The maximum Gasteiger partial charge on any atom is 0.170 e. The molecular weight excluding hydrogens is 280 g/mol. The molecule has 2 aromatic rings. The van der Waals surface area contributed by atoms with Gasteiger partial charge in [0, 0.05) is 17.8 Å². The lowest BCUT2D eigenvalue weighted by atomic mass is 10.2. The molecule has 5 nitrogen and oxygen atoms in total. The van der Waals surface area contributed by atoms with Crippen molar-refractivity contribution in [1.82, 2.24) is 0 Å². The summed E-state index contributed by atoms with van der Waals surface area (Å²) < 4.78 is 10.9. The largest absolute Gasteiger partial charge is 0.494 e. The van der Waals surface area contributed by atoms with Gasteiger partial charge in [-0.15, -0.1) is 0 Å². The summed E-state index contributed by atoms with van der Waals surface area (Å²) in [5, 5.41) is 0. The Morgan fingerprint density at radius 1 is 0.818 bits per heavy atom. The van der Waals surface area contributed by atoms with Crippen molar-refractivity contribution in [1.29, 1.82) is 0 Å². The van der Waals surface area contributed by atoms with E-state index in [9.17, 15) is 4.79 Å². The van der Waals surface area contributed by atoms with Crippen LogP contribution in [0.4, 0.5) is 11.4 Å². The summed E-state index contributed by atoms with van der Waals surface area (Å²) in [7, 11) is 0. The molecule has 5 heteroatoms. The third kappa shape index (κ3) is 5.36. The second-order valence-corrected chi connectivity index (χ2v) is 4.92. The van der Waals surface area contributed by atoms with E-state index >= 15 is 0 Å². The highest BCUT2D eigenvalue weighted by atomic mass is 16.5. The van der Waals surface area contributed by atoms with E-state index in [4.69, 9.17) is 20.9 Å². The monoisotopic (exact) mass is 300 g/mol. The quantitative estimate of drug-likeness (QED) is 0.578. The minimum absolute atomic E-state index is 0.0396. The number of anilines is 2. The molecule has 4 N–H and O–H groups in total. The van der Waals surface area contributed by atoms with E-state index in [-0.39, 0.29) is 12.4 Å². The summed E-state index contributed by atoms with van der Waals surface area (Å²) in [6, 6.07) is 14.1. The number of benzene rings is 2. The molecule has 2 aromatic carbocycles. The molecule has 0 aliphatic heterocycles. The Morgan fingerprint density at radius 2 is 1.32 bits per heavy atom. The molecule has 0 spiro atoms. The molecule has 2 rings (SSSR count). The number of hydrogen-bond donors (Lipinski definition) is 2. The summed E-state index contributed by atoms with van der Waals surface area (Å²) in [4.78, 5) is 11.7. The van der Waals surface area contributed by atoms with Crippen LogP contribution in [0.3, 0.4) is 0 Å². The van der Waals surface area contributed by atoms with Crippen molar-refractivity contribution in [3.05, 3.63) is 48.5 Å². The molecule has 0 atom stereocenters. The SMILES string of the molecule is Nc1ccc(OCCCC(=O)COc2ccc(N)cc2)cc1. The molecule has 0 bridgehead atoms. The Kier molecular flexibility index (Phi) is 5.65. The number of ketones is 1. The molecule has 0 amide bonds. The topological polar surface area (TPSA) is 87.6 Å². The number of Topliss-reactive ketones (excluding diaryl/α,β-unsaturated/α-hetero) is 1. The van der Waals surface area contributed by atoms with E-state index in [1.54, 1.807) is 48.5 Å². The van der Waals surface area contributed by atoms with Crippen LogP contribution in [-0.4, -0.2) is 19.0 Å². The standard InChI is InChI=1S/C17H20N2O3/c18-13-3-7-16(8-4-13)21-11-1-2-15(20)12-22-17-9-5-14(19)6-10-17/h3-10H,1-2,11-12,18-19H2. The van der Waals surface area contributed by atoms with Gasteiger partial charge in [-0.1, -0.05) is 0 Å². The number of ether oxygens (including phenoxy) is 2. The summed E-state index contributed by atoms with van der Waals surface area (Å²) in [6.07, 6.45) is 1.07. The normalized spacial score (nSPS) is 10.2. The van der Waals surface area contributed by atoms with Gasteiger partial charge in [-0.05, 0) is 55.0 Å². The zero-order chi connectivity index (χ0) is 15.8. The van der Waals surface area contributed by atoms with Gasteiger partial charge in [-0.2, -0.15) is 0 Å². The van der Waals surface area contributed by atoms with Crippen LogP contribution in [0.15, 0.2) is 48.5 Å². The van der Waals surface area contributed by atoms with Gasteiger partial charge < -0.3 is 20.9 Å². The van der Waals surface area contributed by atoms with Gasteiger partial charge in [0.05, 0.1) is 6.61 Å². The van der Waals surface area contributed by atoms with Gasteiger partial charge in [0.25, 0.3) is 0 Å². The Hall–Kier alpha value is -2.69. The molecule has 0 saturated heterocycles. The van der Waals surface area contributed by atoms with Gasteiger partial charge in [0.1, 0.15) is 18.1 Å². The number of carbonyl (C=O) groups is 1. The van der Waals surface area contributed by atoms with Crippen LogP contribution in [0.2, 0.25) is 0 Å². The Morgan fingerprint density at radius 3 is 1.86 bits per heavy atom. The van der Waals surface area contributed by atoms with E-state index in [2.05, 4.69) is 0 Å². The molecule has 0 fully saturated rings. The van der Waals surface area contributed by atoms with Gasteiger partial charge in [-0.25, -0.2) is 0 Å². The fourth-order valence-corrected chi connectivity index (χ4v) is 1.82. The van der Waals surface area contributed by atoms with Gasteiger partial charge >= 0.3 is 0 Å². The van der Waals surface area contributed by atoms with Crippen LogP contribution >= 0.6 is 0 Å². The highest BCUT2D eigenvalue weighted by molar-refractivity contribution is 5.79. The van der Waals surface area contributed by atoms with Gasteiger partial charge in [0.2, 0.25) is 0 Å². The molecule has 0 saturated carbocycles. The highest BCUT2D eigenvalue weighted by Gasteiger charge is 2.04. The number of hydrogen-bond acceptors (Lipinski definition) is 5. The highest BCUT2D eigenvalue weighted by Crippen LogP contribution is 2.14. The van der Waals surface area contributed by atoms with Crippen molar-refractivity contribution in [3.8, 4) is 11.5 Å². The van der Waals surface area contributed by atoms with Gasteiger partial charge in [-0.3, -0.25) is 4.79 Å². The van der Waals surface area contributed by atoms with Crippen LogP contribution in [0, 0.1) is 0 Å². The van der Waals surface area contributed by atoms with E-state index in [0.717, 1.165) is 5.75 Å². The van der Waals surface area contributed by atoms with Crippen LogP contribution in [-0.2, 0) is 4.79 Å². The molecule has 0 radical (unpaired) electrons. The molecule has 0 unspecified atom stereocenters. The third-order valence-corrected chi connectivity index (χ3v) is 3.03. The van der Waals surface area contributed by atoms with Crippen molar-refractivity contribution in [2.24, 2.45) is 0 Å². The first-order valence-electron chi connectivity index (χ1n) is 7.12. The zero-order valence-electron chi connectivity index (χ0n) is 12.3. The summed E-state index contributed by atoms with van der Waals surface area (Å²) in [5.41, 5.74) is 12.5. The van der Waals surface area contributed by atoms with Crippen molar-refractivity contribution < 1.29 is 14.3 Å². The average Bonchev–Trinajstić information content (AvgIpc) is 2.53. The molecule has 0 aliphatic rings. The fourth-order valence-electron chi connectivity index (χ4n) is 1.82. The van der Waals surface area contributed by atoms with Crippen LogP contribution < -0.4 is 20.9 Å². The van der Waals surface area contributed by atoms with E-state index < -0.39 is 0 Å². The predicted molar refractivity (Wildman–Crippen MR) is 86.9 cm³/mol. The second-order valence-electron chi connectivity index (χ2n) is 4.92. The minimum Gasteiger partial charge on any atom is -0.494 e. The maximum absolute atomic E-state index is 11.7. The first kappa shape index (κ1) is 15.7. The van der Waals surface area contributed by atoms with Crippen molar-refractivity contribution in [2.45, 2.75) is 12.8 Å².